The molecule has 3 nitrogen and oxygen atoms in total. The van der Waals surface area contributed by atoms with Crippen LogP contribution in [0.1, 0.15) is 72.6 Å². The fraction of sp³-hybridized carbons (Fsp3) is 1.00. The monoisotopic (exact) mass is 301 g/mol. The van der Waals surface area contributed by atoms with E-state index in [1.54, 1.807) is 0 Å². The Morgan fingerprint density at radius 3 is 1.76 bits per heavy atom. The predicted molar refractivity (Wildman–Crippen MR) is 91.5 cm³/mol. The maximum Gasteiger partial charge on any atom is 0.0484 e. The first-order valence-electron chi connectivity index (χ1n) is 8.69. The molecule has 0 aromatic carbocycles. The summed E-state index contributed by atoms with van der Waals surface area (Å²) in [5.74, 6) is 0. The number of aliphatic hydroxyl groups is 2. The summed E-state index contributed by atoms with van der Waals surface area (Å²) in [5, 5.41) is 18.6. The Hall–Kier alpha value is -0.120. The van der Waals surface area contributed by atoms with Gasteiger partial charge in [-0.05, 0) is 63.1 Å². The van der Waals surface area contributed by atoms with Crippen LogP contribution in [0.2, 0.25) is 0 Å². The van der Waals surface area contributed by atoms with Crippen LogP contribution < -0.4 is 0 Å². The number of aliphatic hydroxyl groups excluding tert-OH is 2. The van der Waals surface area contributed by atoms with Crippen LogP contribution in [0, 0.1) is 10.8 Å². The molecule has 3 heteroatoms. The fourth-order valence-corrected chi connectivity index (χ4v) is 2.48. The van der Waals surface area contributed by atoms with Crippen molar-refractivity contribution in [2.24, 2.45) is 10.8 Å². The molecule has 0 rings (SSSR count). The molecular weight excluding hydrogens is 262 g/mol. The number of hydrogen-bond donors (Lipinski definition) is 2. The number of nitrogens with zero attached hydrogens (tertiary/aromatic N) is 1. The van der Waals surface area contributed by atoms with Crippen molar-refractivity contribution in [1.29, 1.82) is 0 Å². The summed E-state index contributed by atoms with van der Waals surface area (Å²) in [5.41, 5.74) is 0.196. The summed E-state index contributed by atoms with van der Waals surface area (Å²) in [6.45, 7) is 11.5. The van der Waals surface area contributed by atoms with E-state index in [0.29, 0.717) is 6.61 Å². The molecule has 0 aliphatic heterocycles. The van der Waals surface area contributed by atoms with Gasteiger partial charge >= 0.3 is 0 Å². The summed E-state index contributed by atoms with van der Waals surface area (Å²) in [4.78, 5) is 2.41. The van der Waals surface area contributed by atoms with Gasteiger partial charge < -0.3 is 15.1 Å². The molecule has 128 valence electrons. The lowest BCUT2D eigenvalue weighted by Crippen LogP contribution is -2.23. The first-order chi connectivity index (χ1) is 9.78. The molecular formula is C18H39NO2. The van der Waals surface area contributed by atoms with E-state index in [0.717, 1.165) is 32.4 Å². The smallest absolute Gasteiger partial charge is 0.0484 e. The van der Waals surface area contributed by atoms with Gasteiger partial charge in [-0.2, -0.15) is 0 Å². The average molecular weight is 302 g/mol. The molecule has 0 heterocycles. The maximum absolute atomic E-state index is 9.39. The molecule has 1 atom stereocenters. The van der Waals surface area contributed by atoms with Crippen LogP contribution in [-0.4, -0.2) is 48.5 Å². The Bertz CT molecular complexity index is 250. The van der Waals surface area contributed by atoms with Crippen molar-refractivity contribution in [2.75, 3.05) is 33.4 Å². The van der Waals surface area contributed by atoms with Gasteiger partial charge in [0.05, 0.1) is 0 Å². The third kappa shape index (κ3) is 10.3. The Balaban J connectivity index is 3.61. The summed E-state index contributed by atoms with van der Waals surface area (Å²) >= 11 is 0. The number of unbranched alkanes of at least 4 members (excludes halogenated alkanes) is 2. The van der Waals surface area contributed by atoms with Gasteiger partial charge in [-0.3, -0.25) is 0 Å². The largest absolute Gasteiger partial charge is 0.396 e. The molecule has 0 radical (unpaired) electrons. The van der Waals surface area contributed by atoms with Crippen molar-refractivity contribution in [3.63, 3.8) is 0 Å². The van der Waals surface area contributed by atoms with Crippen LogP contribution in [-0.2, 0) is 0 Å². The van der Waals surface area contributed by atoms with E-state index >= 15 is 0 Å². The summed E-state index contributed by atoms with van der Waals surface area (Å²) < 4.78 is 0. The normalized spacial score (nSPS) is 15.4. The van der Waals surface area contributed by atoms with Crippen LogP contribution in [0.4, 0.5) is 0 Å². The fourth-order valence-electron chi connectivity index (χ4n) is 2.48. The standard InChI is InChI=1S/C18H39NO2/c1-6-18(4,16-21)12-8-10-14-19(5)13-9-7-11-17(2,3)15-20/h20-21H,6-16H2,1-5H3. The van der Waals surface area contributed by atoms with E-state index in [4.69, 9.17) is 0 Å². The van der Waals surface area contributed by atoms with Crippen molar-refractivity contribution in [2.45, 2.75) is 72.6 Å². The van der Waals surface area contributed by atoms with Crippen molar-refractivity contribution < 1.29 is 10.2 Å². The topological polar surface area (TPSA) is 43.7 Å². The van der Waals surface area contributed by atoms with E-state index in [9.17, 15) is 10.2 Å². The van der Waals surface area contributed by atoms with Crippen LogP contribution in [0.15, 0.2) is 0 Å². The van der Waals surface area contributed by atoms with Crippen LogP contribution in [0.5, 0.6) is 0 Å². The molecule has 21 heavy (non-hydrogen) atoms. The van der Waals surface area contributed by atoms with Gasteiger partial charge in [0.2, 0.25) is 0 Å². The second kappa shape index (κ2) is 10.6. The zero-order valence-corrected chi connectivity index (χ0v) is 15.1. The van der Waals surface area contributed by atoms with E-state index in [1.807, 2.05) is 0 Å². The third-order valence-electron chi connectivity index (χ3n) is 4.88. The minimum absolute atomic E-state index is 0.0769. The lowest BCUT2D eigenvalue weighted by molar-refractivity contribution is 0.124. The lowest BCUT2D eigenvalue weighted by atomic mass is 9.83. The van der Waals surface area contributed by atoms with Crippen molar-refractivity contribution in [3.8, 4) is 0 Å². The van der Waals surface area contributed by atoms with Crippen LogP contribution >= 0.6 is 0 Å². The Labute approximate surface area is 132 Å². The first-order valence-corrected chi connectivity index (χ1v) is 8.69. The highest BCUT2D eigenvalue weighted by molar-refractivity contribution is 4.71. The molecule has 0 saturated carbocycles. The molecule has 0 aromatic rings. The first kappa shape index (κ1) is 20.9. The van der Waals surface area contributed by atoms with Crippen molar-refractivity contribution in [1.82, 2.24) is 4.90 Å². The molecule has 0 fully saturated rings. The van der Waals surface area contributed by atoms with E-state index in [1.165, 1.54) is 25.7 Å². The summed E-state index contributed by atoms with van der Waals surface area (Å²) in [6.07, 6.45) is 8.10. The van der Waals surface area contributed by atoms with Gasteiger partial charge in [-0.1, -0.05) is 40.5 Å². The molecule has 0 aromatic heterocycles. The minimum atomic E-state index is 0.0769. The van der Waals surface area contributed by atoms with Gasteiger partial charge in [-0.15, -0.1) is 0 Å². The van der Waals surface area contributed by atoms with Gasteiger partial charge in [0.25, 0.3) is 0 Å². The molecule has 0 aliphatic rings. The Morgan fingerprint density at radius 1 is 0.810 bits per heavy atom. The highest BCUT2D eigenvalue weighted by Crippen LogP contribution is 2.27. The van der Waals surface area contributed by atoms with Gasteiger partial charge in [0.1, 0.15) is 0 Å². The van der Waals surface area contributed by atoms with Crippen LogP contribution in [0.25, 0.3) is 0 Å². The number of rotatable bonds is 13. The quantitative estimate of drug-likeness (QED) is 0.510. The van der Waals surface area contributed by atoms with Gasteiger partial charge in [0, 0.05) is 13.2 Å². The number of hydrogen-bond acceptors (Lipinski definition) is 3. The van der Waals surface area contributed by atoms with E-state index in [2.05, 4.69) is 39.6 Å². The molecule has 0 spiro atoms. The third-order valence-corrected chi connectivity index (χ3v) is 4.88. The van der Waals surface area contributed by atoms with Crippen molar-refractivity contribution >= 4 is 0 Å². The summed E-state index contributed by atoms with van der Waals surface area (Å²) in [6, 6.07) is 0. The van der Waals surface area contributed by atoms with Gasteiger partial charge in [0.15, 0.2) is 0 Å². The highest BCUT2D eigenvalue weighted by Gasteiger charge is 2.20. The lowest BCUT2D eigenvalue weighted by Gasteiger charge is -2.26. The van der Waals surface area contributed by atoms with Crippen molar-refractivity contribution in [3.05, 3.63) is 0 Å². The summed E-state index contributed by atoms with van der Waals surface area (Å²) in [7, 11) is 2.20. The molecule has 0 saturated heterocycles. The Kier molecular flexibility index (Phi) is 10.5. The van der Waals surface area contributed by atoms with Crippen LogP contribution in [0.3, 0.4) is 0 Å². The molecule has 0 bridgehead atoms. The predicted octanol–water partition coefficient (Wildman–Crippen LogP) is 3.69. The molecule has 0 amide bonds. The maximum atomic E-state index is 9.39. The molecule has 1 unspecified atom stereocenters. The molecule has 2 N–H and O–H groups in total. The van der Waals surface area contributed by atoms with E-state index < -0.39 is 0 Å². The second-order valence-corrected chi connectivity index (χ2v) is 7.86. The average Bonchev–Trinajstić information content (AvgIpc) is 2.48. The minimum Gasteiger partial charge on any atom is -0.396 e. The zero-order chi connectivity index (χ0) is 16.4. The SMILES string of the molecule is CCC(C)(CO)CCCCN(C)CCCCC(C)(C)CO. The van der Waals surface area contributed by atoms with E-state index in [-0.39, 0.29) is 17.4 Å². The highest BCUT2D eigenvalue weighted by atomic mass is 16.3. The zero-order valence-electron chi connectivity index (χ0n) is 15.1. The van der Waals surface area contributed by atoms with Gasteiger partial charge in [-0.25, -0.2) is 0 Å². The Morgan fingerprint density at radius 2 is 1.33 bits per heavy atom. The molecule has 0 aliphatic carbocycles. The second-order valence-electron chi connectivity index (χ2n) is 7.86.